The van der Waals surface area contributed by atoms with Gasteiger partial charge in [-0.2, -0.15) is 13.2 Å². The van der Waals surface area contributed by atoms with E-state index in [4.69, 9.17) is 0 Å². The Kier molecular flexibility index (Phi) is 6.94. The van der Waals surface area contributed by atoms with Crippen LogP contribution in [-0.4, -0.2) is 30.8 Å². The van der Waals surface area contributed by atoms with Crippen LogP contribution in [0.25, 0.3) is 0 Å². The van der Waals surface area contributed by atoms with Gasteiger partial charge in [0.25, 0.3) is 0 Å². The lowest BCUT2D eigenvalue weighted by Crippen LogP contribution is -2.42. The molecule has 1 N–H and O–H groups in total. The molecule has 132 valence electrons. The minimum Gasteiger partial charge on any atom is -0.467 e. The molecule has 0 aliphatic heterocycles. The number of alkyl halides is 3. The molecule has 1 rings (SSSR count). The molecule has 1 aromatic carbocycles. The number of ketones is 1. The van der Waals surface area contributed by atoms with Crippen molar-refractivity contribution in [3.05, 3.63) is 35.4 Å². The second-order valence-corrected chi connectivity index (χ2v) is 5.26. The van der Waals surface area contributed by atoms with Crippen LogP contribution in [0.3, 0.4) is 0 Å². The summed E-state index contributed by atoms with van der Waals surface area (Å²) < 4.78 is 42.0. The van der Waals surface area contributed by atoms with Crippen molar-refractivity contribution in [2.75, 3.05) is 7.11 Å². The van der Waals surface area contributed by atoms with Gasteiger partial charge in [0.1, 0.15) is 11.8 Å². The molecule has 0 saturated heterocycles. The molecule has 1 aromatic rings. The average Bonchev–Trinajstić information content (AvgIpc) is 2.50. The van der Waals surface area contributed by atoms with E-state index in [0.717, 1.165) is 19.2 Å². The lowest BCUT2D eigenvalue weighted by Gasteiger charge is -2.16. The molecule has 0 radical (unpaired) electrons. The number of Topliss-reactive ketones (excluding diaryl/α,β-unsaturated/α-hetero) is 1. The molecule has 0 fully saturated rings. The molecule has 0 aliphatic rings. The second kappa shape index (κ2) is 8.47. The number of benzene rings is 1. The maximum absolute atomic E-state index is 12.5. The van der Waals surface area contributed by atoms with Gasteiger partial charge in [0.15, 0.2) is 0 Å². The monoisotopic (exact) mass is 345 g/mol. The topological polar surface area (TPSA) is 72.5 Å². The molecule has 24 heavy (non-hydrogen) atoms. The Morgan fingerprint density at radius 2 is 1.75 bits per heavy atom. The van der Waals surface area contributed by atoms with Gasteiger partial charge in [0.2, 0.25) is 5.91 Å². The molecular formula is C16H18F3NO4. The minimum absolute atomic E-state index is 0.0975. The maximum atomic E-state index is 12.5. The first kappa shape index (κ1) is 19.7. The predicted octanol–water partition coefficient (Wildman–Crippen LogP) is 2.27. The fraction of sp³-hybridized carbons (Fsp3) is 0.438. The number of rotatable bonds is 7. The SMILES string of the molecule is COC(=O)[C@H](CCC(C)=O)NC(=O)Cc1ccc(C(F)(F)F)cc1. The van der Waals surface area contributed by atoms with Crippen molar-refractivity contribution in [1.29, 1.82) is 0 Å². The number of hydrogen-bond donors (Lipinski definition) is 1. The summed E-state index contributed by atoms with van der Waals surface area (Å²) in [4.78, 5) is 34.5. The van der Waals surface area contributed by atoms with Crippen LogP contribution in [0.15, 0.2) is 24.3 Å². The fourth-order valence-corrected chi connectivity index (χ4v) is 1.98. The molecule has 0 saturated carbocycles. The van der Waals surface area contributed by atoms with Crippen LogP contribution in [0.2, 0.25) is 0 Å². The van der Waals surface area contributed by atoms with Crippen LogP contribution in [0.1, 0.15) is 30.9 Å². The Hall–Kier alpha value is -2.38. The quantitative estimate of drug-likeness (QED) is 0.770. The van der Waals surface area contributed by atoms with Crippen LogP contribution in [0, 0.1) is 0 Å². The summed E-state index contributed by atoms with van der Waals surface area (Å²) in [6.07, 6.45) is -4.43. The molecule has 0 heterocycles. The highest BCUT2D eigenvalue weighted by Crippen LogP contribution is 2.29. The van der Waals surface area contributed by atoms with E-state index >= 15 is 0 Å². The largest absolute Gasteiger partial charge is 0.467 e. The average molecular weight is 345 g/mol. The smallest absolute Gasteiger partial charge is 0.416 e. The van der Waals surface area contributed by atoms with Gasteiger partial charge in [-0.1, -0.05) is 12.1 Å². The summed E-state index contributed by atoms with van der Waals surface area (Å²) in [5.74, 6) is -1.37. The van der Waals surface area contributed by atoms with E-state index in [-0.39, 0.29) is 25.0 Å². The first-order valence-electron chi connectivity index (χ1n) is 7.16. The van der Waals surface area contributed by atoms with E-state index in [1.54, 1.807) is 0 Å². The van der Waals surface area contributed by atoms with E-state index < -0.39 is 29.7 Å². The number of ether oxygens (including phenoxy) is 1. The standard InChI is InChI=1S/C16H18F3NO4/c1-10(21)3-8-13(15(23)24-2)20-14(22)9-11-4-6-12(7-5-11)16(17,18)19/h4-7,13H,3,8-9H2,1-2H3,(H,20,22)/t13-/m0/s1. The lowest BCUT2D eigenvalue weighted by atomic mass is 10.1. The van der Waals surface area contributed by atoms with Gasteiger partial charge < -0.3 is 14.8 Å². The molecule has 0 aliphatic carbocycles. The molecule has 8 heteroatoms. The summed E-state index contributed by atoms with van der Waals surface area (Å²) in [5, 5.41) is 2.43. The summed E-state index contributed by atoms with van der Waals surface area (Å²) in [5.41, 5.74) is -0.434. The minimum atomic E-state index is -4.44. The van der Waals surface area contributed by atoms with Crippen LogP contribution in [-0.2, 0) is 31.7 Å². The Labute approximate surface area is 137 Å². The van der Waals surface area contributed by atoms with Crippen molar-refractivity contribution in [2.45, 2.75) is 38.4 Å². The van der Waals surface area contributed by atoms with Gasteiger partial charge >= 0.3 is 12.1 Å². The predicted molar refractivity (Wildman–Crippen MR) is 79.0 cm³/mol. The van der Waals surface area contributed by atoms with Gasteiger partial charge in [0.05, 0.1) is 19.1 Å². The zero-order chi connectivity index (χ0) is 18.3. The van der Waals surface area contributed by atoms with Crippen LogP contribution >= 0.6 is 0 Å². The van der Waals surface area contributed by atoms with Gasteiger partial charge in [-0.15, -0.1) is 0 Å². The van der Waals surface area contributed by atoms with Gasteiger partial charge in [-0.25, -0.2) is 4.79 Å². The van der Waals surface area contributed by atoms with Crippen LogP contribution < -0.4 is 5.32 Å². The number of carbonyl (C=O) groups is 3. The highest BCUT2D eigenvalue weighted by Gasteiger charge is 2.30. The van der Waals surface area contributed by atoms with Crippen molar-refractivity contribution in [3.8, 4) is 0 Å². The number of methoxy groups -OCH3 is 1. The van der Waals surface area contributed by atoms with Crippen molar-refractivity contribution in [1.82, 2.24) is 5.32 Å². The fourth-order valence-electron chi connectivity index (χ4n) is 1.98. The van der Waals surface area contributed by atoms with E-state index in [0.29, 0.717) is 5.56 Å². The third-order valence-corrected chi connectivity index (χ3v) is 3.25. The van der Waals surface area contributed by atoms with Crippen molar-refractivity contribution in [3.63, 3.8) is 0 Å². The molecular weight excluding hydrogens is 327 g/mol. The number of carbonyl (C=O) groups excluding carboxylic acids is 3. The van der Waals surface area contributed by atoms with E-state index in [9.17, 15) is 27.6 Å². The van der Waals surface area contributed by atoms with Crippen molar-refractivity contribution in [2.24, 2.45) is 0 Å². The number of amides is 1. The van der Waals surface area contributed by atoms with Crippen molar-refractivity contribution >= 4 is 17.7 Å². The van der Waals surface area contributed by atoms with Gasteiger partial charge in [0, 0.05) is 6.42 Å². The molecule has 1 atom stereocenters. The summed E-state index contributed by atoms with van der Waals surface area (Å²) in [7, 11) is 1.16. The molecule has 1 amide bonds. The number of esters is 1. The maximum Gasteiger partial charge on any atom is 0.416 e. The number of nitrogens with one attached hydrogen (secondary N) is 1. The number of hydrogen-bond acceptors (Lipinski definition) is 4. The normalized spacial score (nSPS) is 12.4. The second-order valence-electron chi connectivity index (χ2n) is 5.26. The third-order valence-electron chi connectivity index (χ3n) is 3.25. The molecule has 0 aromatic heterocycles. The Bertz CT molecular complexity index is 596. The molecule has 0 spiro atoms. The first-order valence-corrected chi connectivity index (χ1v) is 7.16. The summed E-state index contributed by atoms with van der Waals surface area (Å²) in [6.45, 7) is 1.36. The zero-order valence-corrected chi connectivity index (χ0v) is 13.3. The van der Waals surface area contributed by atoms with E-state index in [2.05, 4.69) is 10.1 Å². The number of halogens is 3. The first-order chi connectivity index (χ1) is 11.1. The van der Waals surface area contributed by atoms with E-state index in [1.807, 2.05) is 0 Å². The van der Waals surface area contributed by atoms with Gasteiger partial charge in [-0.3, -0.25) is 4.79 Å². The van der Waals surface area contributed by atoms with E-state index in [1.165, 1.54) is 19.1 Å². The van der Waals surface area contributed by atoms with Crippen LogP contribution in [0.5, 0.6) is 0 Å². The lowest BCUT2D eigenvalue weighted by molar-refractivity contribution is -0.145. The van der Waals surface area contributed by atoms with Crippen molar-refractivity contribution < 1.29 is 32.3 Å². The highest BCUT2D eigenvalue weighted by atomic mass is 19.4. The Morgan fingerprint density at radius 3 is 2.21 bits per heavy atom. The Balaban J connectivity index is 2.68. The molecule has 0 bridgehead atoms. The molecule has 5 nitrogen and oxygen atoms in total. The highest BCUT2D eigenvalue weighted by molar-refractivity contribution is 5.86. The Morgan fingerprint density at radius 1 is 1.17 bits per heavy atom. The summed E-state index contributed by atoms with van der Waals surface area (Å²) in [6, 6.07) is 3.20. The van der Waals surface area contributed by atoms with Crippen LogP contribution in [0.4, 0.5) is 13.2 Å². The molecule has 0 unspecified atom stereocenters. The summed E-state index contributed by atoms with van der Waals surface area (Å²) >= 11 is 0. The van der Waals surface area contributed by atoms with Gasteiger partial charge in [-0.05, 0) is 31.0 Å². The zero-order valence-electron chi connectivity index (χ0n) is 13.3. The third kappa shape index (κ3) is 6.39.